The summed E-state index contributed by atoms with van der Waals surface area (Å²) in [5.41, 5.74) is 5.08. The second kappa shape index (κ2) is 4.01. The highest BCUT2D eigenvalue weighted by Crippen LogP contribution is 2.36. The lowest BCUT2D eigenvalue weighted by Crippen LogP contribution is -2.67. The molecule has 1 unspecified atom stereocenters. The van der Waals surface area contributed by atoms with Gasteiger partial charge in [0.05, 0.1) is 17.7 Å². The molecule has 4 heteroatoms. The highest BCUT2D eigenvalue weighted by molar-refractivity contribution is 5.06. The van der Waals surface area contributed by atoms with Crippen LogP contribution in [0.15, 0.2) is 0 Å². The van der Waals surface area contributed by atoms with Gasteiger partial charge in [-0.1, -0.05) is 0 Å². The van der Waals surface area contributed by atoms with Crippen LogP contribution < -0.4 is 5.73 Å². The smallest absolute Gasteiger partial charge is 0.0873 e. The number of aliphatic hydroxyl groups is 1. The summed E-state index contributed by atoms with van der Waals surface area (Å²) >= 11 is 0. The van der Waals surface area contributed by atoms with E-state index in [4.69, 9.17) is 10.5 Å². The van der Waals surface area contributed by atoms with Gasteiger partial charge in [0.1, 0.15) is 0 Å². The Kier molecular flexibility index (Phi) is 3.03. The van der Waals surface area contributed by atoms with Gasteiger partial charge in [0.15, 0.2) is 0 Å². The van der Waals surface area contributed by atoms with E-state index in [1.165, 1.54) is 0 Å². The first-order chi connectivity index (χ1) is 7.06. The Balaban J connectivity index is 2.06. The van der Waals surface area contributed by atoms with E-state index < -0.39 is 11.1 Å². The average molecular weight is 214 g/mol. The molecule has 0 aromatic rings. The van der Waals surface area contributed by atoms with E-state index in [1.807, 2.05) is 0 Å². The van der Waals surface area contributed by atoms with E-state index in [0.717, 1.165) is 45.4 Å². The molecule has 1 atom stereocenters. The largest absolute Gasteiger partial charge is 0.388 e. The number of hydrogen-bond donors (Lipinski definition) is 2. The van der Waals surface area contributed by atoms with Crippen LogP contribution in [0.3, 0.4) is 0 Å². The Hall–Kier alpha value is -0.160. The van der Waals surface area contributed by atoms with E-state index in [1.54, 1.807) is 0 Å². The number of likely N-dealkylation sites (tertiary alicyclic amines) is 1. The summed E-state index contributed by atoms with van der Waals surface area (Å²) in [7, 11) is 2.08. The second-order valence-corrected chi connectivity index (χ2v) is 5.15. The maximum atomic E-state index is 10.6. The zero-order valence-electron chi connectivity index (χ0n) is 9.54. The van der Waals surface area contributed by atoms with Crippen molar-refractivity contribution < 1.29 is 9.84 Å². The molecule has 2 heterocycles. The maximum absolute atomic E-state index is 10.6. The molecule has 0 bridgehead atoms. The Morgan fingerprint density at radius 3 is 2.47 bits per heavy atom. The van der Waals surface area contributed by atoms with Crippen molar-refractivity contribution in [1.29, 1.82) is 0 Å². The number of nitrogens with two attached hydrogens (primary N) is 1. The third kappa shape index (κ3) is 2.04. The normalized spacial score (nSPS) is 37.8. The molecule has 0 amide bonds. The van der Waals surface area contributed by atoms with Crippen molar-refractivity contribution in [1.82, 2.24) is 4.90 Å². The van der Waals surface area contributed by atoms with E-state index in [0.29, 0.717) is 6.61 Å². The molecule has 0 aromatic heterocycles. The summed E-state index contributed by atoms with van der Waals surface area (Å²) in [5, 5.41) is 10.6. The van der Waals surface area contributed by atoms with Crippen LogP contribution in [0.5, 0.6) is 0 Å². The molecule has 2 rings (SSSR count). The van der Waals surface area contributed by atoms with Crippen molar-refractivity contribution in [2.24, 2.45) is 5.73 Å². The number of ether oxygens (including phenoxy) is 1. The number of piperidine rings is 1. The summed E-state index contributed by atoms with van der Waals surface area (Å²) < 4.78 is 5.43. The molecule has 2 fully saturated rings. The number of hydrogen-bond acceptors (Lipinski definition) is 4. The fourth-order valence-corrected chi connectivity index (χ4v) is 2.67. The van der Waals surface area contributed by atoms with E-state index in [-0.39, 0.29) is 0 Å². The molecular formula is C11H22N2O2. The minimum Gasteiger partial charge on any atom is -0.388 e. The zero-order valence-corrected chi connectivity index (χ0v) is 9.54. The molecule has 15 heavy (non-hydrogen) atoms. The van der Waals surface area contributed by atoms with Gasteiger partial charge in [0.2, 0.25) is 0 Å². The fraction of sp³-hybridized carbons (Fsp3) is 1.00. The minimum absolute atomic E-state index is 0.507. The van der Waals surface area contributed by atoms with Crippen LogP contribution in [0.4, 0.5) is 0 Å². The molecule has 2 aliphatic rings. The lowest BCUT2D eigenvalue weighted by Gasteiger charge is -2.50. The van der Waals surface area contributed by atoms with Crippen LogP contribution in [0.1, 0.15) is 25.7 Å². The summed E-state index contributed by atoms with van der Waals surface area (Å²) in [6.45, 7) is 3.15. The van der Waals surface area contributed by atoms with Gasteiger partial charge < -0.3 is 20.5 Å². The van der Waals surface area contributed by atoms with Crippen LogP contribution in [0.25, 0.3) is 0 Å². The average Bonchev–Trinajstić information content (AvgIpc) is 2.24. The van der Waals surface area contributed by atoms with Crippen molar-refractivity contribution in [2.45, 2.75) is 36.8 Å². The van der Waals surface area contributed by atoms with Gasteiger partial charge >= 0.3 is 0 Å². The van der Waals surface area contributed by atoms with Crippen molar-refractivity contribution in [3.05, 3.63) is 0 Å². The number of nitrogens with zero attached hydrogens (tertiary/aromatic N) is 1. The zero-order chi connectivity index (χ0) is 10.9. The van der Waals surface area contributed by atoms with Gasteiger partial charge in [-0.3, -0.25) is 0 Å². The predicted octanol–water partition coefficient (Wildman–Crippen LogP) is -0.0490. The van der Waals surface area contributed by atoms with Crippen LogP contribution in [-0.2, 0) is 4.74 Å². The van der Waals surface area contributed by atoms with E-state index in [2.05, 4.69) is 11.9 Å². The first-order valence-corrected chi connectivity index (χ1v) is 5.83. The molecule has 0 spiro atoms. The third-order valence-corrected chi connectivity index (χ3v) is 4.01. The molecule has 88 valence electrons. The first-order valence-electron chi connectivity index (χ1n) is 5.83. The lowest BCUT2D eigenvalue weighted by atomic mass is 9.71. The van der Waals surface area contributed by atoms with E-state index >= 15 is 0 Å². The van der Waals surface area contributed by atoms with Crippen LogP contribution in [-0.4, -0.2) is 54.5 Å². The highest BCUT2D eigenvalue weighted by Gasteiger charge is 2.49. The summed E-state index contributed by atoms with van der Waals surface area (Å²) in [6.07, 6.45) is 3.38. The van der Waals surface area contributed by atoms with Crippen molar-refractivity contribution >= 4 is 0 Å². The van der Waals surface area contributed by atoms with E-state index in [9.17, 15) is 5.11 Å². The minimum atomic E-state index is -0.722. The van der Waals surface area contributed by atoms with Crippen LogP contribution >= 0.6 is 0 Å². The number of rotatable bonds is 1. The third-order valence-electron chi connectivity index (χ3n) is 4.01. The monoisotopic (exact) mass is 214 g/mol. The topological polar surface area (TPSA) is 58.7 Å². The van der Waals surface area contributed by atoms with Crippen LogP contribution in [0, 0.1) is 0 Å². The molecule has 0 aliphatic carbocycles. The van der Waals surface area contributed by atoms with Crippen LogP contribution in [0.2, 0.25) is 0 Å². The Bertz CT molecular complexity index is 219. The van der Waals surface area contributed by atoms with Gasteiger partial charge in [0, 0.05) is 19.7 Å². The van der Waals surface area contributed by atoms with Gasteiger partial charge in [0.25, 0.3) is 0 Å². The van der Waals surface area contributed by atoms with Crippen molar-refractivity contribution in [2.75, 3.05) is 33.4 Å². The van der Waals surface area contributed by atoms with Gasteiger partial charge in [-0.25, -0.2) is 0 Å². The van der Waals surface area contributed by atoms with Gasteiger partial charge in [-0.15, -0.1) is 0 Å². The van der Waals surface area contributed by atoms with Gasteiger partial charge in [-0.2, -0.15) is 0 Å². The predicted molar refractivity (Wildman–Crippen MR) is 58.7 cm³/mol. The van der Waals surface area contributed by atoms with Gasteiger partial charge in [-0.05, 0) is 32.7 Å². The molecular weight excluding hydrogens is 192 g/mol. The SMILES string of the molecule is CN1CCC(O)(C2(N)CCCOC2)CC1. The Morgan fingerprint density at radius 2 is 1.93 bits per heavy atom. The molecule has 0 saturated carbocycles. The van der Waals surface area contributed by atoms with Crippen molar-refractivity contribution in [3.63, 3.8) is 0 Å². The van der Waals surface area contributed by atoms with Crippen molar-refractivity contribution in [3.8, 4) is 0 Å². The lowest BCUT2D eigenvalue weighted by molar-refractivity contribution is -0.122. The molecule has 2 aliphatic heterocycles. The second-order valence-electron chi connectivity index (χ2n) is 5.15. The Labute approximate surface area is 91.4 Å². The molecule has 0 radical (unpaired) electrons. The highest BCUT2D eigenvalue weighted by atomic mass is 16.5. The fourth-order valence-electron chi connectivity index (χ4n) is 2.67. The summed E-state index contributed by atoms with van der Waals surface area (Å²) in [6, 6.07) is 0. The molecule has 2 saturated heterocycles. The standard InChI is InChI=1S/C11H22N2O2/c1-13-6-4-11(14,5-7-13)10(12)3-2-8-15-9-10/h14H,2-9,12H2,1H3. The molecule has 3 N–H and O–H groups in total. The summed E-state index contributed by atoms with van der Waals surface area (Å²) in [4.78, 5) is 2.24. The maximum Gasteiger partial charge on any atom is 0.0873 e. The first kappa shape index (κ1) is 11.3. The summed E-state index contributed by atoms with van der Waals surface area (Å²) in [5.74, 6) is 0. The Morgan fingerprint density at radius 1 is 1.27 bits per heavy atom. The molecule has 0 aromatic carbocycles. The molecule has 4 nitrogen and oxygen atoms in total. The quantitative estimate of drug-likeness (QED) is 0.642.